The van der Waals surface area contributed by atoms with Crippen molar-refractivity contribution in [2.24, 2.45) is 0 Å². The van der Waals surface area contributed by atoms with Gasteiger partial charge < -0.3 is 10.5 Å². The van der Waals surface area contributed by atoms with Crippen molar-refractivity contribution in [1.29, 1.82) is 0 Å². The van der Waals surface area contributed by atoms with E-state index in [0.717, 1.165) is 11.5 Å². The lowest BCUT2D eigenvalue weighted by Gasteiger charge is -2.09. The van der Waals surface area contributed by atoms with Crippen molar-refractivity contribution in [2.45, 2.75) is 11.8 Å². The van der Waals surface area contributed by atoms with Crippen LogP contribution in [0.1, 0.15) is 5.56 Å². The molecule has 0 atom stereocenters. The molecule has 2 N–H and O–H groups in total. The molecule has 0 aliphatic heterocycles. The van der Waals surface area contributed by atoms with Gasteiger partial charge in [0.1, 0.15) is 5.75 Å². The zero-order chi connectivity index (χ0) is 12.8. The molecule has 0 amide bonds. The number of anilines is 1. The minimum Gasteiger partial charge on any atom is -0.491 e. The lowest BCUT2D eigenvalue weighted by Crippen LogP contribution is -2.02. The van der Waals surface area contributed by atoms with E-state index in [-0.39, 0.29) is 0 Å². The van der Waals surface area contributed by atoms with Crippen LogP contribution in [0.3, 0.4) is 0 Å². The highest BCUT2D eigenvalue weighted by Gasteiger charge is 2.00. The number of ether oxygens (including phenoxy) is 1. The van der Waals surface area contributed by atoms with Gasteiger partial charge in [0.05, 0.1) is 12.3 Å². The molecule has 0 fully saturated rings. The van der Waals surface area contributed by atoms with E-state index in [4.69, 9.17) is 10.5 Å². The molecule has 2 aromatic rings. The molecule has 0 aromatic heterocycles. The summed E-state index contributed by atoms with van der Waals surface area (Å²) in [6.45, 7) is 2.78. The molecule has 0 heterocycles. The number of aryl methyl sites for hydroxylation is 1. The Labute approximate surface area is 112 Å². The van der Waals surface area contributed by atoms with E-state index in [0.29, 0.717) is 12.3 Å². The lowest BCUT2D eigenvalue weighted by molar-refractivity contribution is 0.346. The second kappa shape index (κ2) is 6.36. The van der Waals surface area contributed by atoms with E-state index in [1.807, 2.05) is 24.3 Å². The maximum Gasteiger partial charge on any atom is 0.142 e. The second-order valence-corrected chi connectivity index (χ2v) is 5.14. The van der Waals surface area contributed by atoms with Gasteiger partial charge in [0.25, 0.3) is 0 Å². The number of benzene rings is 2. The van der Waals surface area contributed by atoms with E-state index >= 15 is 0 Å². The summed E-state index contributed by atoms with van der Waals surface area (Å²) < 4.78 is 5.65. The van der Waals surface area contributed by atoms with Crippen LogP contribution in [-0.4, -0.2) is 12.4 Å². The maximum absolute atomic E-state index is 5.81. The van der Waals surface area contributed by atoms with Gasteiger partial charge in [-0.25, -0.2) is 0 Å². The van der Waals surface area contributed by atoms with Crippen molar-refractivity contribution < 1.29 is 4.74 Å². The topological polar surface area (TPSA) is 35.2 Å². The third-order valence-electron chi connectivity index (χ3n) is 2.61. The van der Waals surface area contributed by atoms with Crippen LogP contribution >= 0.6 is 11.8 Å². The molecule has 0 saturated heterocycles. The Kier molecular flexibility index (Phi) is 4.53. The molecular weight excluding hydrogens is 242 g/mol. The van der Waals surface area contributed by atoms with Crippen LogP contribution in [0, 0.1) is 6.92 Å². The predicted octanol–water partition coefficient (Wildman–Crippen LogP) is 3.75. The molecule has 3 heteroatoms. The first kappa shape index (κ1) is 12.8. The first-order valence-electron chi connectivity index (χ1n) is 5.93. The van der Waals surface area contributed by atoms with Crippen molar-refractivity contribution in [3.8, 4) is 5.75 Å². The smallest absolute Gasteiger partial charge is 0.142 e. The fraction of sp³-hybridized carbons (Fsp3) is 0.200. The molecular formula is C15H17NOS. The third-order valence-corrected chi connectivity index (χ3v) is 3.75. The Morgan fingerprint density at radius 1 is 1.06 bits per heavy atom. The van der Waals surface area contributed by atoms with Gasteiger partial charge in [-0.3, -0.25) is 0 Å². The van der Waals surface area contributed by atoms with Crippen LogP contribution in [-0.2, 0) is 0 Å². The van der Waals surface area contributed by atoms with E-state index in [1.165, 1.54) is 10.5 Å². The van der Waals surface area contributed by atoms with E-state index in [9.17, 15) is 0 Å². The second-order valence-electron chi connectivity index (χ2n) is 4.00. The maximum atomic E-state index is 5.81. The SMILES string of the molecule is Cc1ccccc1SCCOc1ccccc1N. The number of para-hydroxylation sites is 2. The minimum absolute atomic E-state index is 0.660. The van der Waals surface area contributed by atoms with E-state index in [1.54, 1.807) is 11.8 Å². The Bertz CT molecular complexity index is 466. The van der Waals surface area contributed by atoms with Crippen molar-refractivity contribution >= 4 is 17.4 Å². The van der Waals surface area contributed by atoms with Crippen molar-refractivity contribution in [3.63, 3.8) is 0 Å². The molecule has 2 nitrogen and oxygen atoms in total. The molecule has 0 saturated carbocycles. The number of rotatable bonds is 5. The van der Waals surface area contributed by atoms with Gasteiger partial charge in [0.2, 0.25) is 0 Å². The molecule has 0 unspecified atom stereocenters. The summed E-state index contributed by atoms with van der Waals surface area (Å²) in [5.41, 5.74) is 7.81. The number of nitrogens with two attached hydrogens (primary N) is 1. The monoisotopic (exact) mass is 259 g/mol. The quantitative estimate of drug-likeness (QED) is 0.504. The third kappa shape index (κ3) is 3.44. The first-order chi connectivity index (χ1) is 8.77. The van der Waals surface area contributed by atoms with Crippen LogP contribution in [0.4, 0.5) is 5.69 Å². The van der Waals surface area contributed by atoms with E-state index < -0.39 is 0 Å². The number of thioether (sulfide) groups is 1. The number of nitrogen functional groups attached to an aromatic ring is 1. The van der Waals surface area contributed by atoms with Crippen molar-refractivity contribution in [3.05, 3.63) is 54.1 Å². The first-order valence-corrected chi connectivity index (χ1v) is 6.91. The normalized spacial score (nSPS) is 10.3. The molecule has 0 aliphatic rings. The molecule has 2 aromatic carbocycles. The van der Waals surface area contributed by atoms with Gasteiger partial charge in [0.15, 0.2) is 0 Å². The van der Waals surface area contributed by atoms with Crippen molar-refractivity contribution in [1.82, 2.24) is 0 Å². The Hall–Kier alpha value is -1.61. The van der Waals surface area contributed by atoms with Gasteiger partial charge in [-0.15, -0.1) is 11.8 Å². The summed E-state index contributed by atoms with van der Waals surface area (Å²) in [4.78, 5) is 1.31. The molecule has 0 aliphatic carbocycles. The summed E-state index contributed by atoms with van der Waals surface area (Å²) in [6, 6.07) is 16.0. The number of hydrogen-bond donors (Lipinski definition) is 1. The van der Waals surface area contributed by atoms with Gasteiger partial charge >= 0.3 is 0 Å². The van der Waals surface area contributed by atoms with E-state index in [2.05, 4.69) is 31.2 Å². The fourth-order valence-corrected chi connectivity index (χ4v) is 2.49. The summed E-state index contributed by atoms with van der Waals surface area (Å²) in [5, 5.41) is 0. The van der Waals surface area contributed by atoms with Gasteiger partial charge in [0, 0.05) is 10.6 Å². The van der Waals surface area contributed by atoms with Crippen LogP contribution < -0.4 is 10.5 Å². The molecule has 0 spiro atoms. The highest BCUT2D eigenvalue weighted by Crippen LogP contribution is 2.23. The van der Waals surface area contributed by atoms with Gasteiger partial charge in [-0.2, -0.15) is 0 Å². The Balaban J connectivity index is 1.80. The van der Waals surface area contributed by atoms with Crippen LogP contribution in [0.2, 0.25) is 0 Å². The summed E-state index contributed by atoms with van der Waals surface area (Å²) >= 11 is 1.81. The lowest BCUT2D eigenvalue weighted by atomic mass is 10.2. The largest absolute Gasteiger partial charge is 0.491 e. The summed E-state index contributed by atoms with van der Waals surface area (Å²) in [7, 11) is 0. The number of hydrogen-bond acceptors (Lipinski definition) is 3. The molecule has 0 bridgehead atoms. The van der Waals surface area contributed by atoms with Crippen LogP contribution in [0.5, 0.6) is 5.75 Å². The predicted molar refractivity (Wildman–Crippen MR) is 78.3 cm³/mol. The standard InChI is InChI=1S/C15H17NOS/c1-12-6-2-5-9-15(12)18-11-10-17-14-8-4-3-7-13(14)16/h2-9H,10-11,16H2,1H3. The summed E-state index contributed by atoms with van der Waals surface area (Å²) in [5.74, 6) is 1.68. The van der Waals surface area contributed by atoms with Gasteiger partial charge in [-0.1, -0.05) is 30.3 Å². The Morgan fingerprint density at radius 3 is 2.56 bits per heavy atom. The van der Waals surface area contributed by atoms with Crippen LogP contribution in [0.15, 0.2) is 53.4 Å². The Morgan fingerprint density at radius 2 is 1.78 bits per heavy atom. The van der Waals surface area contributed by atoms with Gasteiger partial charge in [-0.05, 0) is 30.7 Å². The summed E-state index contributed by atoms with van der Waals surface area (Å²) in [6.07, 6.45) is 0. The zero-order valence-electron chi connectivity index (χ0n) is 10.4. The molecule has 2 rings (SSSR count). The molecule has 0 radical (unpaired) electrons. The fourth-order valence-electron chi connectivity index (χ4n) is 1.63. The average molecular weight is 259 g/mol. The van der Waals surface area contributed by atoms with Crippen LogP contribution in [0.25, 0.3) is 0 Å². The van der Waals surface area contributed by atoms with Crippen molar-refractivity contribution in [2.75, 3.05) is 18.1 Å². The highest BCUT2D eigenvalue weighted by molar-refractivity contribution is 7.99. The average Bonchev–Trinajstić information content (AvgIpc) is 2.38. The zero-order valence-corrected chi connectivity index (χ0v) is 11.2. The minimum atomic E-state index is 0.660. The highest BCUT2D eigenvalue weighted by atomic mass is 32.2. The molecule has 18 heavy (non-hydrogen) atoms. The molecule has 94 valence electrons.